The molecule has 0 radical (unpaired) electrons. The number of rotatable bonds is 6. The summed E-state index contributed by atoms with van der Waals surface area (Å²) >= 11 is 4.83. The van der Waals surface area contributed by atoms with Crippen molar-refractivity contribution in [3.05, 3.63) is 29.6 Å². The van der Waals surface area contributed by atoms with E-state index < -0.39 is 0 Å². The van der Waals surface area contributed by atoms with Gasteiger partial charge in [-0.25, -0.2) is 4.39 Å². The van der Waals surface area contributed by atoms with Crippen LogP contribution in [-0.4, -0.2) is 31.3 Å². The molecule has 1 aromatic rings. The maximum absolute atomic E-state index is 14.1. The van der Waals surface area contributed by atoms with Crippen LogP contribution in [0.2, 0.25) is 0 Å². The van der Waals surface area contributed by atoms with Crippen LogP contribution in [0.25, 0.3) is 0 Å². The first-order valence-corrected chi connectivity index (χ1v) is 6.27. The number of likely N-dealkylation sites (N-methyl/N-ethyl adjacent to an activating group) is 1. The molecule has 0 aromatic heterocycles. The van der Waals surface area contributed by atoms with E-state index in [1.807, 2.05) is 18.7 Å². The Kier molecular flexibility index (Phi) is 5.50. The van der Waals surface area contributed by atoms with Crippen molar-refractivity contribution in [1.82, 2.24) is 0 Å². The standard InChI is InChI=1S/C13H19FN2OS/c1-4-16(9(2)8-17-3)12-6-5-10(13(15)18)7-11(12)14/h5-7,9H,4,8H2,1-3H3,(H2,15,18). The first-order chi connectivity index (χ1) is 8.51. The summed E-state index contributed by atoms with van der Waals surface area (Å²) in [5, 5.41) is 0. The van der Waals surface area contributed by atoms with Crippen molar-refractivity contribution in [3.8, 4) is 0 Å². The minimum atomic E-state index is -0.315. The number of anilines is 1. The summed E-state index contributed by atoms with van der Waals surface area (Å²) in [5.74, 6) is -0.315. The molecule has 0 amide bonds. The zero-order valence-corrected chi connectivity index (χ0v) is 11.8. The van der Waals surface area contributed by atoms with Gasteiger partial charge in [-0.2, -0.15) is 0 Å². The smallest absolute Gasteiger partial charge is 0.147 e. The number of thiocarbonyl (C=S) groups is 1. The topological polar surface area (TPSA) is 38.5 Å². The van der Waals surface area contributed by atoms with E-state index in [1.54, 1.807) is 19.2 Å². The second kappa shape index (κ2) is 6.66. The van der Waals surface area contributed by atoms with Gasteiger partial charge in [0.15, 0.2) is 0 Å². The van der Waals surface area contributed by atoms with Crippen LogP contribution in [0.1, 0.15) is 19.4 Å². The van der Waals surface area contributed by atoms with Gasteiger partial charge >= 0.3 is 0 Å². The Morgan fingerprint density at radius 2 is 2.22 bits per heavy atom. The van der Waals surface area contributed by atoms with Gasteiger partial charge in [-0.15, -0.1) is 0 Å². The monoisotopic (exact) mass is 270 g/mol. The van der Waals surface area contributed by atoms with Crippen molar-refractivity contribution in [2.24, 2.45) is 5.73 Å². The van der Waals surface area contributed by atoms with Crippen molar-refractivity contribution in [1.29, 1.82) is 0 Å². The molecule has 3 nitrogen and oxygen atoms in total. The summed E-state index contributed by atoms with van der Waals surface area (Å²) < 4.78 is 19.2. The minimum absolute atomic E-state index is 0.102. The van der Waals surface area contributed by atoms with E-state index in [0.717, 1.165) is 0 Å². The largest absolute Gasteiger partial charge is 0.389 e. The molecular formula is C13H19FN2OS. The Labute approximate surface area is 113 Å². The predicted octanol–water partition coefficient (Wildman–Crippen LogP) is 2.32. The third kappa shape index (κ3) is 3.40. The lowest BCUT2D eigenvalue weighted by Gasteiger charge is -2.30. The molecule has 1 rings (SSSR count). The lowest BCUT2D eigenvalue weighted by Crippen LogP contribution is -2.36. The van der Waals surface area contributed by atoms with Crippen molar-refractivity contribution in [2.75, 3.05) is 25.2 Å². The van der Waals surface area contributed by atoms with Crippen LogP contribution in [0, 0.1) is 5.82 Å². The van der Waals surface area contributed by atoms with Gasteiger partial charge < -0.3 is 15.4 Å². The normalized spacial score (nSPS) is 12.2. The summed E-state index contributed by atoms with van der Waals surface area (Å²) in [6.45, 7) is 5.22. The lowest BCUT2D eigenvalue weighted by molar-refractivity contribution is 0.181. The van der Waals surface area contributed by atoms with E-state index >= 15 is 0 Å². The van der Waals surface area contributed by atoms with Crippen molar-refractivity contribution in [2.45, 2.75) is 19.9 Å². The fourth-order valence-electron chi connectivity index (χ4n) is 1.94. The molecule has 0 aliphatic heterocycles. The zero-order valence-electron chi connectivity index (χ0n) is 10.9. The third-order valence-electron chi connectivity index (χ3n) is 2.82. The first-order valence-electron chi connectivity index (χ1n) is 5.86. The van der Waals surface area contributed by atoms with Gasteiger partial charge in [0.25, 0.3) is 0 Å². The molecular weight excluding hydrogens is 251 g/mol. The fourth-order valence-corrected chi connectivity index (χ4v) is 2.07. The Morgan fingerprint density at radius 3 is 2.67 bits per heavy atom. The number of nitrogens with two attached hydrogens (primary N) is 1. The molecule has 0 fully saturated rings. The van der Waals surface area contributed by atoms with Gasteiger partial charge in [0, 0.05) is 25.3 Å². The van der Waals surface area contributed by atoms with Gasteiger partial charge in [-0.05, 0) is 32.0 Å². The molecule has 0 saturated heterocycles. The highest BCUT2D eigenvalue weighted by Gasteiger charge is 2.16. The van der Waals surface area contributed by atoms with Crippen LogP contribution in [0.4, 0.5) is 10.1 Å². The molecule has 2 N–H and O–H groups in total. The average Bonchev–Trinajstić information content (AvgIpc) is 2.32. The molecule has 1 atom stereocenters. The number of hydrogen-bond acceptors (Lipinski definition) is 3. The average molecular weight is 270 g/mol. The Morgan fingerprint density at radius 1 is 1.56 bits per heavy atom. The van der Waals surface area contributed by atoms with Gasteiger partial charge in [-0.1, -0.05) is 12.2 Å². The molecule has 0 bridgehead atoms. The van der Waals surface area contributed by atoms with E-state index in [0.29, 0.717) is 24.4 Å². The summed E-state index contributed by atoms with van der Waals surface area (Å²) in [6, 6.07) is 4.92. The van der Waals surface area contributed by atoms with Crippen molar-refractivity contribution < 1.29 is 9.13 Å². The van der Waals surface area contributed by atoms with Crippen molar-refractivity contribution in [3.63, 3.8) is 0 Å². The van der Waals surface area contributed by atoms with E-state index in [-0.39, 0.29) is 16.8 Å². The number of benzene rings is 1. The number of ether oxygens (including phenoxy) is 1. The number of hydrogen-bond donors (Lipinski definition) is 1. The maximum atomic E-state index is 14.1. The number of nitrogens with zero attached hydrogens (tertiary/aromatic N) is 1. The second-order valence-corrected chi connectivity index (χ2v) is 4.56. The van der Waals surface area contributed by atoms with Crippen LogP contribution < -0.4 is 10.6 Å². The van der Waals surface area contributed by atoms with Gasteiger partial charge in [0.05, 0.1) is 12.3 Å². The quantitative estimate of drug-likeness (QED) is 0.805. The van der Waals surface area contributed by atoms with Crippen LogP contribution in [0.15, 0.2) is 18.2 Å². The molecule has 0 heterocycles. The molecule has 18 heavy (non-hydrogen) atoms. The Hall–Kier alpha value is -1.20. The van der Waals surface area contributed by atoms with Crippen LogP contribution in [0.5, 0.6) is 0 Å². The van der Waals surface area contributed by atoms with Gasteiger partial charge in [0.2, 0.25) is 0 Å². The Balaban J connectivity index is 3.03. The summed E-state index contributed by atoms with van der Waals surface area (Å²) in [5.41, 5.74) is 6.57. The second-order valence-electron chi connectivity index (χ2n) is 4.12. The molecule has 0 aliphatic rings. The maximum Gasteiger partial charge on any atom is 0.147 e. The molecule has 0 spiro atoms. The number of halogens is 1. The summed E-state index contributed by atoms with van der Waals surface area (Å²) in [6.07, 6.45) is 0. The molecule has 100 valence electrons. The minimum Gasteiger partial charge on any atom is -0.389 e. The van der Waals surface area contributed by atoms with Crippen LogP contribution >= 0.6 is 12.2 Å². The predicted molar refractivity (Wildman–Crippen MR) is 76.6 cm³/mol. The van der Waals surface area contributed by atoms with Crippen LogP contribution in [0.3, 0.4) is 0 Å². The fraction of sp³-hybridized carbons (Fsp3) is 0.462. The highest BCUT2D eigenvalue weighted by molar-refractivity contribution is 7.80. The van der Waals surface area contributed by atoms with Gasteiger partial charge in [-0.3, -0.25) is 0 Å². The molecule has 0 saturated carbocycles. The SMILES string of the molecule is CCN(c1ccc(C(N)=S)cc1F)C(C)COC. The third-order valence-corrected chi connectivity index (χ3v) is 3.06. The molecule has 5 heteroatoms. The molecule has 1 aromatic carbocycles. The molecule has 1 unspecified atom stereocenters. The van der Waals surface area contributed by atoms with Crippen LogP contribution in [-0.2, 0) is 4.74 Å². The molecule has 0 aliphatic carbocycles. The Bertz CT molecular complexity index is 425. The van der Waals surface area contributed by atoms with E-state index in [9.17, 15) is 4.39 Å². The zero-order chi connectivity index (χ0) is 13.7. The lowest BCUT2D eigenvalue weighted by atomic mass is 10.1. The highest BCUT2D eigenvalue weighted by atomic mass is 32.1. The first kappa shape index (κ1) is 14.9. The van der Waals surface area contributed by atoms with E-state index in [1.165, 1.54) is 6.07 Å². The summed E-state index contributed by atoms with van der Waals surface area (Å²) in [7, 11) is 1.64. The summed E-state index contributed by atoms with van der Waals surface area (Å²) in [4.78, 5) is 2.15. The van der Waals surface area contributed by atoms with Gasteiger partial charge in [0.1, 0.15) is 10.8 Å². The number of methoxy groups -OCH3 is 1. The van der Waals surface area contributed by atoms with E-state index in [2.05, 4.69) is 0 Å². The van der Waals surface area contributed by atoms with Crippen molar-refractivity contribution >= 4 is 22.9 Å². The highest BCUT2D eigenvalue weighted by Crippen LogP contribution is 2.22. The van der Waals surface area contributed by atoms with E-state index in [4.69, 9.17) is 22.7 Å².